The summed E-state index contributed by atoms with van der Waals surface area (Å²) >= 11 is 0. The van der Waals surface area contributed by atoms with E-state index in [4.69, 9.17) is 10.9 Å². The first kappa shape index (κ1) is 14.8. The fourth-order valence-corrected chi connectivity index (χ4v) is 2.88. The molecular weight excluding hydrogens is 252 g/mol. The molecule has 0 aromatic heterocycles. The second-order valence-electron chi connectivity index (χ2n) is 5.80. The highest BCUT2D eigenvalue weighted by atomic mass is 16.4. The van der Waals surface area contributed by atoms with Crippen molar-refractivity contribution in [3.05, 3.63) is 35.4 Å². The molecule has 20 heavy (non-hydrogen) atoms. The summed E-state index contributed by atoms with van der Waals surface area (Å²) in [6.07, 6.45) is 1.28. The first-order valence-electron chi connectivity index (χ1n) is 7.02. The molecule has 1 atom stereocenters. The van der Waals surface area contributed by atoms with Gasteiger partial charge in [0.25, 0.3) is 0 Å². The minimum absolute atomic E-state index is 0.159. The van der Waals surface area contributed by atoms with E-state index in [1.165, 1.54) is 25.1 Å². The van der Waals surface area contributed by atoms with Crippen LogP contribution in [0.4, 0.5) is 0 Å². The normalized spacial score (nSPS) is 20.8. The molecule has 5 heteroatoms. The third-order valence-corrected chi connectivity index (χ3v) is 3.84. The van der Waals surface area contributed by atoms with Gasteiger partial charge in [-0.1, -0.05) is 23.4 Å². The van der Waals surface area contributed by atoms with E-state index in [1.54, 1.807) is 0 Å². The van der Waals surface area contributed by atoms with Gasteiger partial charge < -0.3 is 20.7 Å². The van der Waals surface area contributed by atoms with Crippen LogP contribution in [0.1, 0.15) is 17.5 Å². The molecule has 0 aliphatic carbocycles. The molecule has 110 valence electrons. The Morgan fingerprint density at radius 1 is 1.55 bits per heavy atom. The average molecular weight is 276 g/mol. The van der Waals surface area contributed by atoms with Crippen molar-refractivity contribution in [1.29, 1.82) is 0 Å². The fraction of sp³-hybridized carbons (Fsp3) is 0.533. The van der Waals surface area contributed by atoms with E-state index < -0.39 is 0 Å². The molecule has 0 bridgehead atoms. The van der Waals surface area contributed by atoms with Gasteiger partial charge in [0, 0.05) is 25.2 Å². The molecule has 1 fully saturated rings. The highest BCUT2D eigenvalue weighted by Gasteiger charge is 2.20. The standard InChI is InChI=1S/C15H24N4O/c1-18-7-6-13(10-18)11-19(2)9-12-4-3-5-14(8-12)15(16)17-20/h3-5,8,13,20H,6-7,9-11H2,1-2H3,(H2,16,17). The molecule has 1 aliphatic heterocycles. The maximum absolute atomic E-state index is 8.72. The molecule has 1 aromatic rings. The predicted octanol–water partition coefficient (Wildman–Crippen LogP) is 1.16. The zero-order valence-corrected chi connectivity index (χ0v) is 12.3. The van der Waals surface area contributed by atoms with E-state index in [2.05, 4.69) is 35.1 Å². The molecule has 1 aliphatic rings. The average Bonchev–Trinajstić information content (AvgIpc) is 2.83. The maximum atomic E-state index is 8.72. The number of hydrogen-bond acceptors (Lipinski definition) is 4. The van der Waals surface area contributed by atoms with Crippen molar-refractivity contribution in [2.75, 3.05) is 33.7 Å². The van der Waals surface area contributed by atoms with Crippen molar-refractivity contribution in [3.8, 4) is 0 Å². The SMILES string of the molecule is CN1CCC(CN(C)Cc2cccc(C(N)=NO)c2)C1. The summed E-state index contributed by atoms with van der Waals surface area (Å²) in [6.45, 7) is 4.39. The highest BCUT2D eigenvalue weighted by Crippen LogP contribution is 2.16. The maximum Gasteiger partial charge on any atom is 0.170 e. The smallest absolute Gasteiger partial charge is 0.170 e. The first-order chi connectivity index (χ1) is 9.58. The van der Waals surface area contributed by atoms with Crippen LogP contribution in [0.5, 0.6) is 0 Å². The van der Waals surface area contributed by atoms with Crippen LogP contribution in [0.2, 0.25) is 0 Å². The Balaban J connectivity index is 1.92. The molecule has 1 heterocycles. The van der Waals surface area contributed by atoms with Gasteiger partial charge in [0.05, 0.1) is 0 Å². The summed E-state index contributed by atoms with van der Waals surface area (Å²) in [5.74, 6) is 0.921. The summed E-state index contributed by atoms with van der Waals surface area (Å²) in [4.78, 5) is 4.73. The van der Waals surface area contributed by atoms with Crippen molar-refractivity contribution < 1.29 is 5.21 Å². The number of rotatable bonds is 5. The zero-order chi connectivity index (χ0) is 14.5. The third-order valence-electron chi connectivity index (χ3n) is 3.84. The number of benzene rings is 1. The molecular formula is C15H24N4O. The Hall–Kier alpha value is -1.59. The lowest BCUT2D eigenvalue weighted by Gasteiger charge is -2.21. The topological polar surface area (TPSA) is 65.1 Å². The van der Waals surface area contributed by atoms with Crippen LogP contribution in [-0.4, -0.2) is 54.6 Å². The largest absolute Gasteiger partial charge is 0.409 e. The molecule has 0 saturated carbocycles. The van der Waals surface area contributed by atoms with Crippen molar-refractivity contribution in [3.63, 3.8) is 0 Å². The zero-order valence-electron chi connectivity index (χ0n) is 12.3. The lowest BCUT2D eigenvalue weighted by molar-refractivity contribution is 0.267. The quantitative estimate of drug-likeness (QED) is 0.367. The van der Waals surface area contributed by atoms with E-state index in [-0.39, 0.29) is 5.84 Å². The molecule has 1 saturated heterocycles. The number of likely N-dealkylation sites (tertiary alicyclic amines) is 1. The minimum Gasteiger partial charge on any atom is -0.409 e. The Labute approximate surface area is 120 Å². The van der Waals surface area contributed by atoms with Crippen LogP contribution in [-0.2, 0) is 6.54 Å². The summed E-state index contributed by atoms with van der Waals surface area (Å²) in [7, 11) is 4.33. The van der Waals surface area contributed by atoms with Crippen LogP contribution in [0.15, 0.2) is 29.4 Å². The van der Waals surface area contributed by atoms with Crippen LogP contribution >= 0.6 is 0 Å². The number of oxime groups is 1. The van der Waals surface area contributed by atoms with Gasteiger partial charge in [-0.2, -0.15) is 0 Å². The van der Waals surface area contributed by atoms with Gasteiger partial charge in [0.2, 0.25) is 0 Å². The second-order valence-corrected chi connectivity index (χ2v) is 5.80. The first-order valence-corrected chi connectivity index (χ1v) is 7.02. The Morgan fingerprint density at radius 2 is 2.35 bits per heavy atom. The van der Waals surface area contributed by atoms with Gasteiger partial charge in [-0.05, 0) is 44.6 Å². The number of nitrogens with two attached hydrogens (primary N) is 1. The lowest BCUT2D eigenvalue weighted by atomic mass is 10.1. The highest BCUT2D eigenvalue weighted by molar-refractivity contribution is 5.97. The second kappa shape index (κ2) is 6.72. The van der Waals surface area contributed by atoms with Crippen molar-refractivity contribution in [2.45, 2.75) is 13.0 Å². The molecule has 0 amide bonds. The van der Waals surface area contributed by atoms with Crippen LogP contribution < -0.4 is 5.73 Å². The number of nitrogens with zero attached hydrogens (tertiary/aromatic N) is 3. The van der Waals surface area contributed by atoms with Crippen molar-refractivity contribution >= 4 is 5.84 Å². The number of amidine groups is 1. The van der Waals surface area contributed by atoms with Gasteiger partial charge in [0.15, 0.2) is 5.84 Å². The molecule has 2 rings (SSSR count). The van der Waals surface area contributed by atoms with Gasteiger partial charge in [-0.15, -0.1) is 0 Å². The van der Waals surface area contributed by atoms with Crippen LogP contribution in [0.3, 0.4) is 0 Å². The molecule has 5 nitrogen and oxygen atoms in total. The van der Waals surface area contributed by atoms with Gasteiger partial charge in [-0.25, -0.2) is 0 Å². The van der Waals surface area contributed by atoms with Gasteiger partial charge >= 0.3 is 0 Å². The molecule has 3 N–H and O–H groups in total. The molecule has 1 aromatic carbocycles. The summed E-state index contributed by atoms with van der Waals surface area (Å²) < 4.78 is 0. The monoisotopic (exact) mass is 276 g/mol. The van der Waals surface area contributed by atoms with Crippen LogP contribution in [0.25, 0.3) is 0 Å². The van der Waals surface area contributed by atoms with E-state index in [0.717, 1.165) is 24.6 Å². The molecule has 0 radical (unpaired) electrons. The summed E-state index contributed by atoms with van der Waals surface area (Å²) in [6, 6.07) is 7.85. The lowest BCUT2D eigenvalue weighted by Crippen LogP contribution is -2.27. The third kappa shape index (κ3) is 3.95. The summed E-state index contributed by atoms with van der Waals surface area (Å²) in [5, 5.41) is 11.8. The van der Waals surface area contributed by atoms with E-state index in [0.29, 0.717) is 0 Å². The summed E-state index contributed by atoms with van der Waals surface area (Å²) in [5.41, 5.74) is 7.57. The predicted molar refractivity (Wildman–Crippen MR) is 80.9 cm³/mol. The molecule has 0 spiro atoms. The van der Waals surface area contributed by atoms with Crippen LogP contribution in [0, 0.1) is 5.92 Å². The number of hydrogen-bond donors (Lipinski definition) is 2. The van der Waals surface area contributed by atoms with Crippen molar-refractivity contribution in [1.82, 2.24) is 9.80 Å². The van der Waals surface area contributed by atoms with E-state index in [9.17, 15) is 0 Å². The fourth-order valence-electron chi connectivity index (χ4n) is 2.88. The Morgan fingerprint density at radius 3 is 3.00 bits per heavy atom. The minimum atomic E-state index is 0.159. The van der Waals surface area contributed by atoms with E-state index in [1.807, 2.05) is 18.2 Å². The Kier molecular flexibility index (Phi) is 4.98. The Bertz CT molecular complexity index is 475. The van der Waals surface area contributed by atoms with Crippen molar-refractivity contribution in [2.24, 2.45) is 16.8 Å². The molecule has 1 unspecified atom stereocenters. The van der Waals surface area contributed by atoms with Gasteiger partial charge in [0.1, 0.15) is 0 Å². The van der Waals surface area contributed by atoms with E-state index >= 15 is 0 Å². The van der Waals surface area contributed by atoms with Gasteiger partial charge in [-0.3, -0.25) is 0 Å².